The van der Waals surface area contributed by atoms with Crippen LogP contribution >= 0.6 is 0 Å². The van der Waals surface area contributed by atoms with Crippen LogP contribution in [-0.4, -0.2) is 147 Å². The SMILES string of the molecule is CC.CCCCN(C=O)CC1CCCN1C(=O)C(CCc1ccccc1)NC=O.CCNC.CNCC(=O)NC(CCc1ccccc1)C(=O)N1CCCC1CN(CCc1ccccc1)C(=O)c1ccc(-c2ccc(C)cc2)cc1. The first kappa shape index (κ1) is 65.4. The van der Waals surface area contributed by atoms with Crippen LogP contribution in [0.3, 0.4) is 0 Å². The standard InChI is InChI=1S/C40H46N4O3.C21H31N3O3.C3H9N.C2H6/c1-30-15-18-33(19-16-30)34-20-22-35(23-21-34)39(46)43(27-25-32-12-7-4-8-13-32)29-36-14-9-26-44(36)40(47)37(42-38(45)28-41-2)24-17-31-10-5-3-6-11-31;1-2-3-13-23(17-26)15-19-10-7-14-24(19)21(27)20(22-16-25)12-11-18-8-5-4-6-9-18;1-3-4-2;1-2/h3-8,10-13,15-16,18-23,36-37,41H,9,14,17,24-29H2,1-2H3,(H,42,45);4-6,8-9,16-17,19-20H,2-3,7,10-15H2,1H3,(H,22,25);4H,3H2,1-2H3;1-2H3. The van der Waals surface area contributed by atoms with Gasteiger partial charge in [-0.3, -0.25) is 28.8 Å². The minimum atomic E-state index is -0.639. The third-order valence-corrected chi connectivity index (χ3v) is 14.5. The number of aryl methyl sites for hydroxylation is 3. The largest absolute Gasteiger partial charge is 0.347 e. The molecule has 14 heteroatoms. The molecule has 4 atom stereocenters. The van der Waals surface area contributed by atoms with Crippen molar-refractivity contribution in [3.05, 3.63) is 167 Å². The molecule has 6 amide bonds. The van der Waals surface area contributed by atoms with Gasteiger partial charge in [0.1, 0.15) is 12.1 Å². The van der Waals surface area contributed by atoms with Crippen molar-refractivity contribution >= 4 is 36.4 Å². The van der Waals surface area contributed by atoms with Crippen LogP contribution in [0, 0.1) is 6.92 Å². The Morgan fingerprint density at radius 1 is 0.613 bits per heavy atom. The molecule has 2 aliphatic rings. The van der Waals surface area contributed by atoms with Crippen molar-refractivity contribution in [1.82, 2.24) is 40.9 Å². The van der Waals surface area contributed by atoms with Crippen LogP contribution in [0.4, 0.5) is 0 Å². The minimum Gasteiger partial charge on any atom is -0.347 e. The van der Waals surface area contributed by atoms with Crippen LogP contribution in [0.25, 0.3) is 11.1 Å². The zero-order chi connectivity index (χ0) is 57.9. The topological polar surface area (TPSA) is 164 Å². The summed E-state index contributed by atoms with van der Waals surface area (Å²) in [6, 6.07) is 45.1. The zero-order valence-corrected chi connectivity index (χ0v) is 48.9. The molecule has 0 saturated carbocycles. The van der Waals surface area contributed by atoms with E-state index < -0.39 is 12.1 Å². The second-order valence-corrected chi connectivity index (χ2v) is 20.3. The van der Waals surface area contributed by atoms with Crippen molar-refractivity contribution in [2.24, 2.45) is 0 Å². The van der Waals surface area contributed by atoms with E-state index in [1.807, 2.05) is 139 Å². The number of rotatable bonds is 27. The predicted molar refractivity (Wildman–Crippen MR) is 324 cm³/mol. The molecule has 7 rings (SSSR count). The second kappa shape index (κ2) is 37.7. The summed E-state index contributed by atoms with van der Waals surface area (Å²) in [6.45, 7) is 15.0. The fourth-order valence-electron chi connectivity index (χ4n) is 9.96. The first-order valence-corrected chi connectivity index (χ1v) is 29.2. The zero-order valence-electron chi connectivity index (χ0n) is 48.9. The van der Waals surface area contributed by atoms with Crippen LogP contribution in [0.2, 0.25) is 0 Å². The Kier molecular flexibility index (Phi) is 30.8. The molecule has 0 spiro atoms. The highest BCUT2D eigenvalue weighted by Crippen LogP contribution is 2.25. The molecule has 0 aromatic heterocycles. The van der Waals surface area contributed by atoms with E-state index in [0.717, 1.165) is 92.3 Å². The highest BCUT2D eigenvalue weighted by Gasteiger charge is 2.36. The molecule has 80 heavy (non-hydrogen) atoms. The van der Waals surface area contributed by atoms with Crippen molar-refractivity contribution in [3.63, 3.8) is 0 Å². The van der Waals surface area contributed by atoms with E-state index in [2.05, 4.69) is 78.4 Å². The highest BCUT2D eigenvalue weighted by molar-refractivity contribution is 5.95. The second-order valence-electron chi connectivity index (χ2n) is 20.3. The Hall–Kier alpha value is -7.16. The summed E-state index contributed by atoms with van der Waals surface area (Å²) in [5.74, 6) is -0.366. The molecule has 2 saturated heterocycles. The summed E-state index contributed by atoms with van der Waals surface area (Å²) < 4.78 is 0. The van der Waals surface area contributed by atoms with Gasteiger partial charge in [0, 0.05) is 56.9 Å². The van der Waals surface area contributed by atoms with Gasteiger partial charge in [0.25, 0.3) is 5.91 Å². The minimum absolute atomic E-state index is 0.0345. The van der Waals surface area contributed by atoms with E-state index in [4.69, 9.17) is 0 Å². The third kappa shape index (κ3) is 22.2. The lowest BCUT2D eigenvalue weighted by molar-refractivity contribution is -0.137. The lowest BCUT2D eigenvalue weighted by Gasteiger charge is -2.33. The van der Waals surface area contributed by atoms with Gasteiger partial charge in [-0.15, -0.1) is 0 Å². The number of hydrogen-bond acceptors (Lipinski definition) is 8. The lowest BCUT2D eigenvalue weighted by Crippen LogP contribution is -2.53. The van der Waals surface area contributed by atoms with Gasteiger partial charge in [-0.1, -0.05) is 167 Å². The van der Waals surface area contributed by atoms with Gasteiger partial charge >= 0.3 is 0 Å². The fourth-order valence-corrected chi connectivity index (χ4v) is 9.96. The molecule has 0 bridgehead atoms. The molecule has 432 valence electrons. The summed E-state index contributed by atoms with van der Waals surface area (Å²) in [7, 11) is 3.65. The van der Waals surface area contributed by atoms with E-state index in [0.29, 0.717) is 70.4 Å². The lowest BCUT2D eigenvalue weighted by atomic mass is 10.0. The number of hydrogen-bond donors (Lipinski definition) is 4. The summed E-state index contributed by atoms with van der Waals surface area (Å²) in [5.41, 5.74) is 7.44. The summed E-state index contributed by atoms with van der Waals surface area (Å²) in [6.07, 6.45) is 10.2. The average molecular weight is 1090 g/mol. The molecule has 2 fully saturated rings. The summed E-state index contributed by atoms with van der Waals surface area (Å²) in [4.78, 5) is 83.7. The number of unbranched alkanes of at least 4 members (excludes halogenated alkanes) is 1. The number of likely N-dealkylation sites (tertiary alicyclic amines) is 2. The Balaban J connectivity index is 0.000000353. The molecule has 0 aliphatic carbocycles. The molecule has 4 unspecified atom stereocenters. The van der Waals surface area contributed by atoms with Crippen LogP contribution < -0.4 is 21.3 Å². The number of likely N-dealkylation sites (N-methyl/N-ethyl adjacent to an activating group) is 1. The van der Waals surface area contributed by atoms with Gasteiger partial charge in [0.2, 0.25) is 30.5 Å². The maximum atomic E-state index is 14.1. The third-order valence-electron chi connectivity index (χ3n) is 14.5. The van der Waals surface area contributed by atoms with Gasteiger partial charge in [-0.25, -0.2) is 0 Å². The van der Waals surface area contributed by atoms with E-state index in [1.165, 1.54) is 5.56 Å². The molecule has 5 aromatic carbocycles. The quantitative estimate of drug-likeness (QED) is 0.0379. The molecule has 5 aromatic rings. The number of nitrogens with one attached hydrogen (secondary N) is 4. The number of benzene rings is 5. The Morgan fingerprint density at radius 2 is 1.09 bits per heavy atom. The van der Waals surface area contributed by atoms with E-state index in [-0.39, 0.29) is 42.3 Å². The van der Waals surface area contributed by atoms with Gasteiger partial charge in [-0.05, 0) is 132 Å². The van der Waals surface area contributed by atoms with Crippen molar-refractivity contribution in [2.75, 3.05) is 66.5 Å². The molecule has 0 radical (unpaired) electrons. The van der Waals surface area contributed by atoms with Crippen LogP contribution in [-0.2, 0) is 43.2 Å². The number of carbonyl (C=O) groups is 6. The van der Waals surface area contributed by atoms with E-state index >= 15 is 0 Å². The average Bonchev–Trinajstić information content (AvgIpc) is 4.19. The van der Waals surface area contributed by atoms with Gasteiger partial charge in [-0.2, -0.15) is 0 Å². The van der Waals surface area contributed by atoms with Crippen molar-refractivity contribution in [1.29, 1.82) is 0 Å². The van der Waals surface area contributed by atoms with Crippen LogP contribution in [0.1, 0.15) is 112 Å². The normalized spacial score (nSPS) is 15.0. The summed E-state index contributed by atoms with van der Waals surface area (Å²) in [5, 5.41) is 11.5. The van der Waals surface area contributed by atoms with Gasteiger partial charge < -0.3 is 40.9 Å². The molecule has 4 N–H and O–H groups in total. The van der Waals surface area contributed by atoms with Crippen molar-refractivity contribution < 1.29 is 28.8 Å². The van der Waals surface area contributed by atoms with Crippen LogP contribution in [0.5, 0.6) is 0 Å². The molecular weight excluding hydrogens is 1000 g/mol. The number of nitrogens with zero attached hydrogens (tertiary/aromatic N) is 4. The monoisotopic (exact) mass is 1090 g/mol. The van der Waals surface area contributed by atoms with Gasteiger partial charge in [0.15, 0.2) is 0 Å². The van der Waals surface area contributed by atoms with Crippen LogP contribution in [0.15, 0.2) is 140 Å². The molecule has 14 nitrogen and oxygen atoms in total. The molecule has 2 aliphatic heterocycles. The first-order chi connectivity index (χ1) is 39.0. The Morgan fingerprint density at radius 3 is 1.56 bits per heavy atom. The predicted octanol–water partition coefficient (Wildman–Crippen LogP) is 8.91. The summed E-state index contributed by atoms with van der Waals surface area (Å²) >= 11 is 0. The van der Waals surface area contributed by atoms with Gasteiger partial charge in [0.05, 0.1) is 6.54 Å². The van der Waals surface area contributed by atoms with Crippen molar-refractivity contribution in [3.8, 4) is 11.1 Å². The smallest absolute Gasteiger partial charge is 0.253 e. The van der Waals surface area contributed by atoms with E-state index in [9.17, 15) is 28.8 Å². The Bertz CT molecular complexity index is 2530. The molecule has 2 heterocycles. The number of amides is 6. The fraction of sp³-hybridized carbons (Fsp3) is 0.455. The van der Waals surface area contributed by atoms with E-state index in [1.54, 1.807) is 11.9 Å². The molecular formula is C66H92N8O6. The first-order valence-electron chi connectivity index (χ1n) is 29.2. The Labute approximate surface area is 478 Å². The maximum absolute atomic E-state index is 14.1. The number of carbonyl (C=O) groups excluding carboxylic acids is 6. The highest BCUT2D eigenvalue weighted by atomic mass is 16.2. The van der Waals surface area contributed by atoms with Crippen molar-refractivity contribution in [2.45, 2.75) is 129 Å². The maximum Gasteiger partial charge on any atom is 0.253 e.